The molecule has 6 heteroatoms. The summed E-state index contributed by atoms with van der Waals surface area (Å²) in [7, 11) is 1.01. The first-order chi connectivity index (χ1) is 9.56. The van der Waals surface area contributed by atoms with E-state index in [2.05, 4.69) is 4.74 Å². The Hall–Kier alpha value is -2.11. The molecule has 5 nitrogen and oxygen atoms in total. The molecule has 20 heavy (non-hydrogen) atoms. The second-order valence-corrected chi connectivity index (χ2v) is 3.75. The fraction of sp³-hybridized carbons (Fsp3) is 0.429. The van der Waals surface area contributed by atoms with Gasteiger partial charge in [0.05, 0.1) is 20.3 Å². The predicted molar refractivity (Wildman–Crippen MR) is 70.0 cm³/mol. The minimum Gasteiger partial charge on any atom is -0.493 e. The Balaban J connectivity index is 3.24. The second kappa shape index (κ2) is 7.47. The molecule has 0 radical (unpaired) electrons. The van der Waals surface area contributed by atoms with Gasteiger partial charge in [-0.05, 0) is 26.0 Å². The largest absolute Gasteiger partial charge is 0.493 e. The fourth-order valence-corrected chi connectivity index (χ4v) is 1.64. The lowest BCUT2D eigenvalue weighted by molar-refractivity contribution is -0.144. The average molecular weight is 284 g/mol. The first-order valence-corrected chi connectivity index (χ1v) is 6.21. The third-order valence-electron chi connectivity index (χ3n) is 2.47. The zero-order valence-electron chi connectivity index (χ0n) is 11.6. The molecule has 0 spiro atoms. The van der Waals surface area contributed by atoms with Crippen LogP contribution < -0.4 is 9.47 Å². The van der Waals surface area contributed by atoms with Crippen molar-refractivity contribution in [2.24, 2.45) is 0 Å². The lowest BCUT2D eigenvalue weighted by Gasteiger charge is -2.15. The molecule has 1 atom stereocenters. The van der Waals surface area contributed by atoms with Crippen molar-refractivity contribution in [1.82, 2.24) is 0 Å². The minimum atomic E-state index is -2.40. The van der Waals surface area contributed by atoms with Crippen molar-refractivity contribution < 1.29 is 28.2 Å². The number of alkyl halides is 1. The lowest BCUT2D eigenvalue weighted by Crippen LogP contribution is -2.28. The van der Waals surface area contributed by atoms with Crippen molar-refractivity contribution in [1.29, 1.82) is 0 Å². The molecular formula is C14H17FO5. The van der Waals surface area contributed by atoms with Gasteiger partial charge in [0.25, 0.3) is 6.17 Å². The van der Waals surface area contributed by atoms with Gasteiger partial charge in [-0.3, -0.25) is 4.79 Å². The molecule has 0 heterocycles. The number of benzene rings is 1. The van der Waals surface area contributed by atoms with E-state index in [9.17, 15) is 14.0 Å². The monoisotopic (exact) mass is 284 g/mol. The maximum Gasteiger partial charge on any atom is 0.348 e. The number of hydrogen-bond donors (Lipinski definition) is 0. The molecule has 0 saturated carbocycles. The summed E-state index contributed by atoms with van der Waals surface area (Å²) in [6.45, 7) is 4.06. The standard InChI is InChI=1S/C14H17FO5/c1-4-19-9-7-6-8-10(20-5-2)11(9)13(16)12(15)14(17)18-3/h6-8,12H,4-5H2,1-3H3. The summed E-state index contributed by atoms with van der Waals surface area (Å²) in [6, 6.07) is 4.66. The molecule has 0 fully saturated rings. The van der Waals surface area contributed by atoms with Gasteiger partial charge in [-0.1, -0.05) is 6.07 Å². The molecule has 1 rings (SSSR count). The number of Topliss-reactive ketones (excluding diaryl/α,β-unsaturated/α-hetero) is 1. The first kappa shape index (κ1) is 15.9. The molecular weight excluding hydrogens is 267 g/mol. The third kappa shape index (κ3) is 3.46. The van der Waals surface area contributed by atoms with Crippen LogP contribution in [0.2, 0.25) is 0 Å². The number of methoxy groups -OCH3 is 1. The molecule has 1 aromatic carbocycles. The molecule has 0 aliphatic heterocycles. The van der Waals surface area contributed by atoms with Crippen LogP contribution in [0.25, 0.3) is 0 Å². The molecule has 0 aromatic heterocycles. The Labute approximate surface area is 116 Å². The van der Waals surface area contributed by atoms with E-state index in [-0.39, 0.29) is 17.1 Å². The Morgan fingerprint density at radius 1 is 1.15 bits per heavy atom. The molecule has 1 aromatic rings. The zero-order chi connectivity index (χ0) is 15.1. The zero-order valence-corrected chi connectivity index (χ0v) is 11.6. The van der Waals surface area contributed by atoms with Crippen molar-refractivity contribution in [3.05, 3.63) is 23.8 Å². The predicted octanol–water partition coefficient (Wildman–Crippen LogP) is 2.18. The van der Waals surface area contributed by atoms with Crippen LogP contribution in [0.4, 0.5) is 4.39 Å². The Bertz CT molecular complexity index is 462. The summed E-state index contributed by atoms with van der Waals surface area (Å²) < 4.78 is 28.6. The van der Waals surface area contributed by atoms with Crippen LogP contribution in [-0.2, 0) is 9.53 Å². The van der Waals surface area contributed by atoms with Crippen molar-refractivity contribution in [3.8, 4) is 11.5 Å². The Morgan fingerprint density at radius 3 is 2.05 bits per heavy atom. The van der Waals surface area contributed by atoms with Gasteiger partial charge >= 0.3 is 5.97 Å². The molecule has 0 aliphatic carbocycles. The van der Waals surface area contributed by atoms with E-state index >= 15 is 0 Å². The number of rotatable bonds is 7. The highest BCUT2D eigenvalue weighted by molar-refractivity contribution is 6.13. The van der Waals surface area contributed by atoms with E-state index in [1.54, 1.807) is 19.9 Å². The van der Waals surface area contributed by atoms with E-state index < -0.39 is 17.9 Å². The van der Waals surface area contributed by atoms with E-state index in [1.807, 2.05) is 0 Å². The Kier molecular flexibility index (Phi) is 5.96. The summed E-state index contributed by atoms with van der Waals surface area (Å²) in [4.78, 5) is 23.3. The average Bonchev–Trinajstić information content (AvgIpc) is 2.46. The van der Waals surface area contributed by atoms with Crippen LogP contribution in [0.1, 0.15) is 24.2 Å². The van der Waals surface area contributed by atoms with Crippen molar-refractivity contribution >= 4 is 11.8 Å². The normalized spacial score (nSPS) is 11.6. The summed E-state index contributed by atoms with van der Waals surface area (Å²) in [5, 5.41) is 0. The summed E-state index contributed by atoms with van der Waals surface area (Å²) in [5.41, 5.74) is -0.0888. The number of carbonyl (C=O) groups is 2. The minimum absolute atomic E-state index is 0.0888. The van der Waals surface area contributed by atoms with Crippen molar-refractivity contribution in [2.75, 3.05) is 20.3 Å². The quantitative estimate of drug-likeness (QED) is 0.436. The van der Waals surface area contributed by atoms with Gasteiger partial charge in [0, 0.05) is 0 Å². The fourth-order valence-electron chi connectivity index (χ4n) is 1.64. The summed E-state index contributed by atoms with van der Waals surface area (Å²) >= 11 is 0. The number of carbonyl (C=O) groups excluding carboxylic acids is 2. The molecule has 0 N–H and O–H groups in total. The molecule has 1 unspecified atom stereocenters. The molecule has 0 aliphatic rings. The van der Waals surface area contributed by atoms with Gasteiger partial charge in [0.1, 0.15) is 17.1 Å². The smallest absolute Gasteiger partial charge is 0.348 e. The van der Waals surface area contributed by atoms with Gasteiger partial charge < -0.3 is 14.2 Å². The van der Waals surface area contributed by atoms with E-state index in [4.69, 9.17) is 9.47 Å². The van der Waals surface area contributed by atoms with Crippen LogP contribution in [-0.4, -0.2) is 38.2 Å². The van der Waals surface area contributed by atoms with Crippen molar-refractivity contribution in [2.45, 2.75) is 20.0 Å². The topological polar surface area (TPSA) is 61.8 Å². The molecule has 0 amide bonds. The number of ether oxygens (including phenoxy) is 3. The van der Waals surface area contributed by atoms with Gasteiger partial charge in [-0.15, -0.1) is 0 Å². The van der Waals surface area contributed by atoms with E-state index in [0.29, 0.717) is 13.2 Å². The van der Waals surface area contributed by atoms with Crippen LogP contribution in [0, 0.1) is 0 Å². The van der Waals surface area contributed by atoms with E-state index in [1.165, 1.54) is 12.1 Å². The van der Waals surface area contributed by atoms with Crippen LogP contribution in [0.5, 0.6) is 11.5 Å². The maximum absolute atomic E-state index is 13.8. The first-order valence-electron chi connectivity index (χ1n) is 6.21. The third-order valence-corrected chi connectivity index (χ3v) is 2.47. The van der Waals surface area contributed by atoms with Gasteiger partial charge in [-0.25, -0.2) is 9.18 Å². The van der Waals surface area contributed by atoms with Crippen molar-refractivity contribution in [3.63, 3.8) is 0 Å². The number of ketones is 1. The van der Waals surface area contributed by atoms with Crippen LogP contribution in [0.15, 0.2) is 18.2 Å². The molecule has 0 bridgehead atoms. The second-order valence-electron chi connectivity index (χ2n) is 3.75. The van der Waals surface area contributed by atoms with Gasteiger partial charge in [0.15, 0.2) is 0 Å². The highest BCUT2D eigenvalue weighted by Crippen LogP contribution is 2.30. The number of hydrogen-bond acceptors (Lipinski definition) is 5. The highest BCUT2D eigenvalue weighted by atomic mass is 19.1. The maximum atomic E-state index is 13.8. The highest BCUT2D eigenvalue weighted by Gasteiger charge is 2.32. The number of halogens is 1. The van der Waals surface area contributed by atoms with Crippen LogP contribution >= 0.6 is 0 Å². The summed E-state index contributed by atoms with van der Waals surface area (Å²) in [6.07, 6.45) is -2.40. The summed E-state index contributed by atoms with van der Waals surface area (Å²) in [5.74, 6) is -1.93. The lowest BCUT2D eigenvalue weighted by atomic mass is 10.0. The number of esters is 1. The SMILES string of the molecule is CCOc1cccc(OCC)c1C(=O)C(F)C(=O)OC. The molecule has 110 valence electrons. The van der Waals surface area contributed by atoms with Crippen LogP contribution in [0.3, 0.4) is 0 Å². The van der Waals surface area contributed by atoms with Gasteiger partial charge in [0.2, 0.25) is 5.78 Å². The van der Waals surface area contributed by atoms with E-state index in [0.717, 1.165) is 7.11 Å². The molecule has 0 saturated heterocycles. The van der Waals surface area contributed by atoms with Gasteiger partial charge in [-0.2, -0.15) is 0 Å². The Morgan fingerprint density at radius 2 is 1.65 bits per heavy atom.